The molecule has 0 spiro atoms. The Morgan fingerprint density at radius 3 is 2.19 bits per heavy atom. The molecule has 0 radical (unpaired) electrons. The fourth-order valence-electron chi connectivity index (χ4n) is 1.95. The van der Waals surface area contributed by atoms with E-state index >= 15 is 0 Å². The SMILES string of the molecule is COc1cc(OC(C)=O)c2cc(F)ccc2c1OC(C)=O. The number of hydrogen-bond acceptors (Lipinski definition) is 5. The molecule has 5 nitrogen and oxygen atoms in total. The lowest BCUT2D eigenvalue weighted by Gasteiger charge is -2.14. The minimum atomic E-state index is -0.553. The van der Waals surface area contributed by atoms with Gasteiger partial charge in [-0.05, 0) is 18.2 Å². The normalized spacial score (nSPS) is 10.3. The Balaban J connectivity index is 2.77. The van der Waals surface area contributed by atoms with Gasteiger partial charge in [0.05, 0.1) is 7.11 Å². The molecule has 2 aromatic carbocycles. The van der Waals surface area contributed by atoms with Crippen LogP contribution in [0.4, 0.5) is 4.39 Å². The zero-order valence-corrected chi connectivity index (χ0v) is 11.7. The molecule has 0 aliphatic heterocycles. The van der Waals surface area contributed by atoms with Crippen molar-refractivity contribution in [1.82, 2.24) is 0 Å². The molecule has 0 amide bonds. The number of methoxy groups -OCH3 is 1. The molecule has 6 heteroatoms. The highest BCUT2D eigenvalue weighted by molar-refractivity contribution is 5.98. The summed E-state index contributed by atoms with van der Waals surface area (Å²) in [5, 5.41) is 0.712. The first-order valence-corrected chi connectivity index (χ1v) is 6.09. The minimum absolute atomic E-state index is 0.129. The topological polar surface area (TPSA) is 61.8 Å². The zero-order valence-electron chi connectivity index (χ0n) is 11.7. The summed E-state index contributed by atoms with van der Waals surface area (Å²) in [6, 6.07) is 5.21. The third-order valence-corrected chi connectivity index (χ3v) is 2.70. The molecule has 0 N–H and O–H groups in total. The quantitative estimate of drug-likeness (QED) is 0.643. The fourth-order valence-corrected chi connectivity index (χ4v) is 1.95. The molecule has 0 unspecified atom stereocenters. The maximum atomic E-state index is 13.5. The van der Waals surface area contributed by atoms with Crippen molar-refractivity contribution in [3.63, 3.8) is 0 Å². The molecule has 0 fully saturated rings. The van der Waals surface area contributed by atoms with Gasteiger partial charge in [-0.2, -0.15) is 0 Å². The van der Waals surface area contributed by atoms with Crippen LogP contribution in [0.1, 0.15) is 13.8 Å². The Hall–Kier alpha value is -2.63. The summed E-state index contributed by atoms with van der Waals surface area (Å²) < 4.78 is 28.8. The Morgan fingerprint density at radius 2 is 1.62 bits per heavy atom. The fraction of sp³-hybridized carbons (Fsp3) is 0.200. The summed E-state index contributed by atoms with van der Waals surface area (Å²) in [6.45, 7) is 2.48. The van der Waals surface area contributed by atoms with Crippen LogP contribution in [0, 0.1) is 5.82 Å². The number of hydrogen-bond donors (Lipinski definition) is 0. The monoisotopic (exact) mass is 292 g/mol. The van der Waals surface area contributed by atoms with Crippen LogP contribution < -0.4 is 14.2 Å². The van der Waals surface area contributed by atoms with E-state index in [4.69, 9.17) is 14.2 Å². The Morgan fingerprint density at radius 1 is 0.952 bits per heavy atom. The zero-order chi connectivity index (χ0) is 15.6. The third-order valence-electron chi connectivity index (χ3n) is 2.70. The minimum Gasteiger partial charge on any atom is -0.493 e. The number of carbonyl (C=O) groups is 2. The number of benzene rings is 2. The lowest BCUT2D eigenvalue weighted by molar-refractivity contribution is -0.133. The number of esters is 2. The van der Waals surface area contributed by atoms with Crippen LogP contribution in [0.3, 0.4) is 0 Å². The molecule has 2 rings (SSSR count). The predicted molar refractivity (Wildman–Crippen MR) is 73.1 cm³/mol. The summed E-state index contributed by atoms with van der Waals surface area (Å²) in [5.41, 5.74) is 0. The molecule has 0 saturated carbocycles. The molecule has 0 bridgehead atoms. The van der Waals surface area contributed by atoms with Crippen LogP contribution in [0.25, 0.3) is 10.8 Å². The molecule has 0 aromatic heterocycles. The predicted octanol–water partition coefficient (Wildman–Crippen LogP) is 2.84. The second kappa shape index (κ2) is 5.78. The van der Waals surface area contributed by atoms with E-state index in [0.29, 0.717) is 10.8 Å². The second-order valence-electron chi connectivity index (χ2n) is 4.28. The van der Waals surface area contributed by atoms with E-state index < -0.39 is 17.8 Å². The molecular weight excluding hydrogens is 279 g/mol. The van der Waals surface area contributed by atoms with E-state index in [2.05, 4.69) is 0 Å². The van der Waals surface area contributed by atoms with Crippen molar-refractivity contribution in [3.8, 4) is 17.2 Å². The van der Waals surface area contributed by atoms with Crippen molar-refractivity contribution < 1.29 is 28.2 Å². The standard InChI is InChI=1S/C15H13FO5/c1-8(17)20-13-7-14(19-3)15(21-9(2)18)11-5-4-10(16)6-12(11)13/h4-7H,1-3H3. The Labute approximate surface area is 120 Å². The van der Waals surface area contributed by atoms with Crippen molar-refractivity contribution in [2.24, 2.45) is 0 Å². The molecule has 0 heterocycles. The first-order chi connectivity index (χ1) is 9.92. The lowest BCUT2D eigenvalue weighted by atomic mass is 10.1. The first kappa shape index (κ1) is 14.8. The summed E-state index contributed by atoms with van der Waals surface area (Å²) in [5.74, 6) is -1.11. The Bertz CT molecular complexity index is 724. The number of halogens is 1. The second-order valence-corrected chi connectivity index (χ2v) is 4.28. The average Bonchev–Trinajstić information content (AvgIpc) is 2.40. The summed E-state index contributed by atoms with van der Waals surface area (Å²) in [4.78, 5) is 22.4. The third kappa shape index (κ3) is 3.10. The van der Waals surface area contributed by atoms with E-state index in [9.17, 15) is 14.0 Å². The van der Waals surface area contributed by atoms with Gasteiger partial charge in [0.1, 0.15) is 11.6 Å². The van der Waals surface area contributed by atoms with Crippen molar-refractivity contribution in [2.45, 2.75) is 13.8 Å². The van der Waals surface area contributed by atoms with E-state index in [1.807, 2.05) is 0 Å². The summed E-state index contributed by atoms with van der Waals surface area (Å²) in [7, 11) is 1.38. The van der Waals surface area contributed by atoms with E-state index in [1.165, 1.54) is 45.2 Å². The molecule has 21 heavy (non-hydrogen) atoms. The van der Waals surface area contributed by atoms with Gasteiger partial charge in [-0.3, -0.25) is 9.59 Å². The molecule has 110 valence electrons. The van der Waals surface area contributed by atoms with Gasteiger partial charge in [0.25, 0.3) is 0 Å². The number of carbonyl (C=O) groups excluding carboxylic acids is 2. The van der Waals surface area contributed by atoms with Crippen LogP contribution in [0.5, 0.6) is 17.2 Å². The van der Waals surface area contributed by atoms with E-state index in [0.717, 1.165) is 0 Å². The van der Waals surface area contributed by atoms with Crippen LogP contribution in [-0.2, 0) is 9.59 Å². The highest BCUT2D eigenvalue weighted by atomic mass is 19.1. The van der Waals surface area contributed by atoms with Crippen LogP contribution >= 0.6 is 0 Å². The van der Waals surface area contributed by atoms with Gasteiger partial charge in [-0.1, -0.05) is 0 Å². The number of fused-ring (bicyclic) bond motifs is 1. The molecule has 0 aliphatic carbocycles. The summed E-state index contributed by atoms with van der Waals surface area (Å²) >= 11 is 0. The van der Waals surface area contributed by atoms with Gasteiger partial charge in [0.2, 0.25) is 0 Å². The van der Waals surface area contributed by atoms with Gasteiger partial charge in [0.15, 0.2) is 11.5 Å². The molecule has 2 aromatic rings. The van der Waals surface area contributed by atoms with Crippen molar-refractivity contribution in [2.75, 3.05) is 7.11 Å². The maximum Gasteiger partial charge on any atom is 0.308 e. The number of rotatable bonds is 3. The molecule has 0 atom stereocenters. The summed E-state index contributed by atoms with van der Waals surface area (Å²) in [6.07, 6.45) is 0. The molecular formula is C15H13FO5. The molecule has 0 aliphatic rings. The van der Waals surface area contributed by atoms with Gasteiger partial charge >= 0.3 is 11.9 Å². The smallest absolute Gasteiger partial charge is 0.308 e. The molecule has 0 saturated heterocycles. The number of ether oxygens (including phenoxy) is 3. The lowest BCUT2D eigenvalue weighted by Crippen LogP contribution is -2.06. The van der Waals surface area contributed by atoms with Crippen molar-refractivity contribution >= 4 is 22.7 Å². The largest absolute Gasteiger partial charge is 0.493 e. The average molecular weight is 292 g/mol. The van der Waals surface area contributed by atoms with Gasteiger partial charge in [-0.15, -0.1) is 0 Å². The van der Waals surface area contributed by atoms with Crippen LogP contribution in [-0.4, -0.2) is 19.0 Å². The van der Waals surface area contributed by atoms with E-state index in [-0.39, 0.29) is 17.2 Å². The van der Waals surface area contributed by atoms with Gasteiger partial charge < -0.3 is 14.2 Å². The van der Waals surface area contributed by atoms with Crippen molar-refractivity contribution in [1.29, 1.82) is 0 Å². The van der Waals surface area contributed by atoms with Gasteiger partial charge in [-0.25, -0.2) is 4.39 Å². The van der Waals surface area contributed by atoms with Crippen LogP contribution in [0.15, 0.2) is 24.3 Å². The van der Waals surface area contributed by atoms with E-state index in [1.54, 1.807) is 0 Å². The first-order valence-electron chi connectivity index (χ1n) is 6.09. The Kier molecular flexibility index (Phi) is 4.07. The van der Waals surface area contributed by atoms with Gasteiger partial charge in [0, 0.05) is 30.7 Å². The highest BCUT2D eigenvalue weighted by Gasteiger charge is 2.18. The maximum absolute atomic E-state index is 13.5. The van der Waals surface area contributed by atoms with Crippen LogP contribution in [0.2, 0.25) is 0 Å². The highest BCUT2D eigenvalue weighted by Crippen LogP contribution is 2.42. The van der Waals surface area contributed by atoms with Crippen molar-refractivity contribution in [3.05, 3.63) is 30.1 Å².